The highest BCUT2D eigenvalue weighted by Crippen LogP contribution is 2.22. The third-order valence-corrected chi connectivity index (χ3v) is 5.06. The molecule has 0 spiro atoms. The monoisotopic (exact) mass is 416 g/mol. The second kappa shape index (κ2) is 7.64. The lowest BCUT2D eigenvalue weighted by Crippen LogP contribution is -2.26. The minimum Gasteiger partial charge on any atom is -0.440 e. The molecule has 0 aliphatic heterocycles. The number of hydrogen-bond acceptors (Lipinski definition) is 6. The van der Waals surface area contributed by atoms with Gasteiger partial charge in [-0.2, -0.15) is 0 Å². The number of fused-ring (bicyclic) bond motifs is 2. The maximum atomic E-state index is 13.9. The predicted octanol–water partition coefficient (Wildman–Crippen LogP) is 4.37. The Morgan fingerprint density at radius 1 is 1.00 bits per heavy atom. The van der Waals surface area contributed by atoms with Crippen molar-refractivity contribution in [1.29, 1.82) is 0 Å². The maximum absolute atomic E-state index is 13.9. The van der Waals surface area contributed by atoms with E-state index in [-0.39, 0.29) is 18.1 Å². The zero-order valence-corrected chi connectivity index (χ0v) is 16.6. The molecule has 2 aromatic heterocycles. The second-order valence-corrected chi connectivity index (χ2v) is 7.31. The van der Waals surface area contributed by atoms with Crippen molar-refractivity contribution in [2.75, 3.05) is 7.05 Å². The molecule has 0 aliphatic rings. The van der Waals surface area contributed by atoms with Crippen molar-refractivity contribution >= 4 is 28.0 Å². The van der Waals surface area contributed by atoms with E-state index in [2.05, 4.69) is 15.3 Å². The van der Waals surface area contributed by atoms with E-state index in [1.807, 2.05) is 12.1 Å². The van der Waals surface area contributed by atoms with Crippen molar-refractivity contribution in [3.05, 3.63) is 89.1 Å². The van der Waals surface area contributed by atoms with Gasteiger partial charge in [0, 0.05) is 19.2 Å². The third-order valence-electron chi connectivity index (χ3n) is 5.06. The van der Waals surface area contributed by atoms with E-state index in [0.29, 0.717) is 45.7 Å². The molecule has 0 N–H and O–H groups in total. The number of benzene rings is 3. The van der Waals surface area contributed by atoms with E-state index in [0.717, 1.165) is 5.56 Å². The summed E-state index contributed by atoms with van der Waals surface area (Å²) in [7, 11) is 1.72. The fourth-order valence-electron chi connectivity index (χ4n) is 3.48. The van der Waals surface area contributed by atoms with Crippen LogP contribution in [-0.4, -0.2) is 33.2 Å². The molecule has 1 amide bonds. The number of oxazole rings is 1. The molecule has 154 valence electrons. The SMILES string of the molecule is CN(Cc1ccc2nonc2c1)C(=O)c1ccc2nc(Cc3ccccc3F)oc2c1. The Balaban J connectivity index is 1.35. The fourth-order valence-corrected chi connectivity index (χ4v) is 3.48. The van der Waals surface area contributed by atoms with Crippen LogP contribution in [0.4, 0.5) is 4.39 Å². The van der Waals surface area contributed by atoms with Gasteiger partial charge < -0.3 is 9.32 Å². The highest BCUT2D eigenvalue weighted by atomic mass is 19.1. The lowest BCUT2D eigenvalue weighted by molar-refractivity contribution is 0.0785. The molecule has 5 aromatic rings. The highest BCUT2D eigenvalue weighted by Gasteiger charge is 2.16. The van der Waals surface area contributed by atoms with Crippen LogP contribution in [0.15, 0.2) is 69.7 Å². The lowest BCUT2D eigenvalue weighted by atomic mass is 10.1. The van der Waals surface area contributed by atoms with Crippen LogP contribution in [-0.2, 0) is 13.0 Å². The molecular weight excluding hydrogens is 399 g/mol. The topological polar surface area (TPSA) is 85.3 Å². The smallest absolute Gasteiger partial charge is 0.254 e. The van der Waals surface area contributed by atoms with Gasteiger partial charge in [-0.15, -0.1) is 0 Å². The normalized spacial score (nSPS) is 11.3. The zero-order chi connectivity index (χ0) is 21.4. The number of halogens is 1. The summed E-state index contributed by atoms with van der Waals surface area (Å²) in [6, 6.07) is 17.1. The molecule has 31 heavy (non-hydrogen) atoms. The van der Waals surface area contributed by atoms with E-state index in [4.69, 9.17) is 9.05 Å². The van der Waals surface area contributed by atoms with E-state index in [1.54, 1.807) is 54.4 Å². The first kappa shape index (κ1) is 18.9. The number of rotatable bonds is 5. The predicted molar refractivity (Wildman–Crippen MR) is 111 cm³/mol. The molecule has 0 saturated heterocycles. The van der Waals surface area contributed by atoms with Crippen LogP contribution < -0.4 is 0 Å². The first-order valence-corrected chi connectivity index (χ1v) is 9.66. The minimum atomic E-state index is -0.304. The van der Waals surface area contributed by atoms with Crippen LogP contribution in [0.3, 0.4) is 0 Å². The van der Waals surface area contributed by atoms with Gasteiger partial charge in [-0.05, 0) is 57.8 Å². The summed E-state index contributed by atoms with van der Waals surface area (Å²) in [4.78, 5) is 18.9. The molecule has 2 heterocycles. The Morgan fingerprint density at radius 2 is 1.81 bits per heavy atom. The quantitative estimate of drug-likeness (QED) is 0.423. The summed E-state index contributed by atoms with van der Waals surface area (Å²) in [6.45, 7) is 0.397. The van der Waals surface area contributed by atoms with Gasteiger partial charge in [0.05, 0.1) is 6.42 Å². The van der Waals surface area contributed by atoms with Gasteiger partial charge in [-0.1, -0.05) is 24.3 Å². The summed E-state index contributed by atoms with van der Waals surface area (Å²) in [6.07, 6.45) is 0.240. The summed E-state index contributed by atoms with van der Waals surface area (Å²) in [5, 5.41) is 7.61. The number of amides is 1. The van der Waals surface area contributed by atoms with Crippen LogP contribution in [0.5, 0.6) is 0 Å². The Bertz CT molecular complexity index is 1410. The lowest BCUT2D eigenvalue weighted by Gasteiger charge is -2.17. The molecule has 8 heteroatoms. The van der Waals surface area contributed by atoms with E-state index < -0.39 is 0 Å². The Morgan fingerprint density at radius 3 is 2.68 bits per heavy atom. The highest BCUT2D eigenvalue weighted by molar-refractivity contribution is 5.97. The Kier molecular flexibility index (Phi) is 4.66. The molecule has 0 radical (unpaired) electrons. The van der Waals surface area contributed by atoms with Crippen molar-refractivity contribution in [3.8, 4) is 0 Å². The largest absolute Gasteiger partial charge is 0.440 e. The Labute approximate surface area is 176 Å². The first-order chi connectivity index (χ1) is 15.1. The van der Waals surface area contributed by atoms with Crippen molar-refractivity contribution in [3.63, 3.8) is 0 Å². The fraction of sp³-hybridized carbons (Fsp3) is 0.130. The van der Waals surface area contributed by atoms with Crippen molar-refractivity contribution in [2.45, 2.75) is 13.0 Å². The second-order valence-electron chi connectivity index (χ2n) is 7.31. The summed E-state index contributed by atoms with van der Waals surface area (Å²) in [5.74, 6) is -0.0678. The molecule has 0 saturated carbocycles. The summed E-state index contributed by atoms with van der Waals surface area (Å²) in [5.41, 5.74) is 4.31. The molecule has 7 nitrogen and oxygen atoms in total. The van der Waals surface area contributed by atoms with Crippen LogP contribution in [0.2, 0.25) is 0 Å². The minimum absolute atomic E-state index is 0.160. The van der Waals surface area contributed by atoms with Crippen LogP contribution >= 0.6 is 0 Å². The van der Waals surface area contributed by atoms with Crippen LogP contribution in [0.1, 0.15) is 27.4 Å². The number of aromatic nitrogens is 3. The molecular formula is C23H17FN4O3. The van der Waals surface area contributed by atoms with Gasteiger partial charge in [0.2, 0.25) is 0 Å². The number of hydrogen-bond donors (Lipinski definition) is 0. The van der Waals surface area contributed by atoms with Gasteiger partial charge in [-0.25, -0.2) is 14.0 Å². The summed E-state index contributed by atoms with van der Waals surface area (Å²) < 4.78 is 24.4. The van der Waals surface area contributed by atoms with Crippen LogP contribution in [0.25, 0.3) is 22.1 Å². The Hall–Kier alpha value is -4.07. The van der Waals surface area contributed by atoms with E-state index in [9.17, 15) is 9.18 Å². The van der Waals surface area contributed by atoms with Gasteiger partial charge >= 0.3 is 0 Å². The van der Waals surface area contributed by atoms with Gasteiger partial charge in [0.15, 0.2) is 11.5 Å². The van der Waals surface area contributed by atoms with Crippen molar-refractivity contribution in [1.82, 2.24) is 20.2 Å². The van der Waals surface area contributed by atoms with E-state index >= 15 is 0 Å². The van der Waals surface area contributed by atoms with E-state index in [1.165, 1.54) is 6.07 Å². The van der Waals surface area contributed by atoms with Crippen molar-refractivity contribution < 1.29 is 18.2 Å². The molecule has 0 fully saturated rings. The van der Waals surface area contributed by atoms with Gasteiger partial charge in [-0.3, -0.25) is 4.79 Å². The summed E-state index contributed by atoms with van der Waals surface area (Å²) >= 11 is 0. The third kappa shape index (κ3) is 3.75. The molecule has 0 aliphatic carbocycles. The van der Waals surface area contributed by atoms with Gasteiger partial charge in [0.1, 0.15) is 22.4 Å². The average Bonchev–Trinajstić information content (AvgIpc) is 3.40. The molecule has 0 unspecified atom stereocenters. The molecule has 0 bridgehead atoms. The number of carbonyl (C=O) groups excluding carboxylic acids is 1. The number of nitrogens with zero attached hydrogens (tertiary/aromatic N) is 4. The maximum Gasteiger partial charge on any atom is 0.254 e. The standard InChI is InChI=1S/C23H17FN4O3/c1-28(13-14-6-8-18-20(10-14)27-31-26-18)23(29)16-7-9-19-21(11-16)30-22(25-19)12-15-4-2-3-5-17(15)24/h2-11H,12-13H2,1H3. The zero-order valence-electron chi connectivity index (χ0n) is 16.6. The first-order valence-electron chi connectivity index (χ1n) is 9.66. The number of carbonyl (C=O) groups is 1. The molecule has 0 atom stereocenters. The van der Waals surface area contributed by atoms with Crippen molar-refractivity contribution in [2.24, 2.45) is 0 Å². The molecule has 5 rings (SSSR count). The van der Waals surface area contributed by atoms with Crippen LogP contribution in [0, 0.1) is 5.82 Å². The van der Waals surface area contributed by atoms with Gasteiger partial charge in [0.25, 0.3) is 5.91 Å². The average molecular weight is 416 g/mol. The molecule has 3 aromatic carbocycles.